The van der Waals surface area contributed by atoms with Crippen LogP contribution in [-0.4, -0.2) is 18.1 Å². The lowest BCUT2D eigenvalue weighted by molar-refractivity contribution is 0.153. The smallest absolute Gasteiger partial charge is 0.0309 e. The fourth-order valence-electron chi connectivity index (χ4n) is 4.23. The van der Waals surface area contributed by atoms with Gasteiger partial charge in [0.25, 0.3) is 0 Å². The van der Waals surface area contributed by atoms with Crippen molar-refractivity contribution in [2.24, 2.45) is 17.6 Å². The van der Waals surface area contributed by atoms with E-state index in [0.717, 1.165) is 24.4 Å². The Kier molecular flexibility index (Phi) is 5.08. The summed E-state index contributed by atoms with van der Waals surface area (Å²) < 4.78 is 0. The van der Waals surface area contributed by atoms with Crippen LogP contribution in [0.5, 0.6) is 0 Å². The largest absolute Gasteiger partial charge is 0.329 e. The fourth-order valence-corrected chi connectivity index (χ4v) is 4.23. The molecule has 2 heteroatoms. The average Bonchev–Trinajstić information content (AvgIpc) is 2.81. The number of nitrogens with two attached hydrogens (primary N) is 1. The summed E-state index contributed by atoms with van der Waals surface area (Å²) in [6.07, 6.45) is 12.4. The van der Waals surface area contributed by atoms with Gasteiger partial charge in [-0.05, 0) is 43.9 Å². The van der Waals surface area contributed by atoms with Crippen LogP contribution in [0.4, 0.5) is 0 Å². The van der Waals surface area contributed by atoms with Gasteiger partial charge in [-0.15, -0.1) is 0 Å². The maximum absolute atomic E-state index is 6.15. The lowest BCUT2D eigenvalue weighted by Gasteiger charge is -2.43. The minimum absolute atomic E-state index is 0.271. The summed E-state index contributed by atoms with van der Waals surface area (Å²) in [6.45, 7) is 5.53. The molecule has 2 aliphatic rings. The molecule has 0 heterocycles. The van der Waals surface area contributed by atoms with Crippen molar-refractivity contribution in [2.75, 3.05) is 6.54 Å². The van der Waals surface area contributed by atoms with Crippen molar-refractivity contribution >= 4 is 0 Å². The van der Waals surface area contributed by atoms with Crippen molar-refractivity contribution in [3.63, 3.8) is 0 Å². The fraction of sp³-hybridized carbons (Fsp3) is 1.00. The molecule has 0 saturated heterocycles. The van der Waals surface area contributed by atoms with Gasteiger partial charge in [-0.3, -0.25) is 0 Å². The lowest BCUT2D eigenvalue weighted by atomic mass is 9.72. The lowest BCUT2D eigenvalue weighted by Crippen LogP contribution is -2.57. The zero-order valence-electron chi connectivity index (χ0n) is 12.4. The van der Waals surface area contributed by atoms with E-state index in [-0.39, 0.29) is 5.54 Å². The molecule has 2 atom stereocenters. The topological polar surface area (TPSA) is 38.0 Å². The highest BCUT2D eigenvalue weighted by molar-refractivity contribution is 4.97. The summed E-state index contributed by atoms with van der Waals surface area (Å²) >= 11 is 0. The van der Waals surface area contributed by atoms with E-state index in [0.29, 0.717) is 0 Å². The zero-order chi connectivity index (χ0) is 13.0. The molecule has 0 aliphatic heterocycles. The number of nitrogens with one attached hydrogen (secondary N) is 1. The van der Waals surface area contributed by atoms with Gasteiger partial charge in [0.2, 0.25) is 0 Å². The van der Waals surface area contributed by atoms with E-state index in [1.54, 1.807) is 0 Å². The second-order valence-corrected chi connectivity index (χ2v) is 7.20. The predicted octanol–water partition coefficient (Wildman–Crippen LogP) is 3.45. The molecule has 0 radical (unpaired) electrons. The van der Waals surface area contributed by atoms with Gasteiger partial charge in [0.15, 0.2) is 0 Å². The Hall–Kier alpha value is -0.0800. The van der Waals surface area contributed by atoms with Crippen LogP contribution in [0.15, 0.2) is 0 Å². The molecule has 0 spiro atoms. The van der Waals surface area contributed by atoms with Crippen LogP contribution < -0.4 is 11.1 Å². The molecule has 0 aromatic rings. The highest BCUT2D eigenvalue weighted by atomic mass is 15.0. The van der Waals surface area contributed by atoms with Crippen LogP contribution in [0, 0.1) is 11.8 Å². The van der Waals surface area contributed by atoms with Crippen molar-refractivity contribution in [1.29, 1.82) is 0 Å². The first-order chi connectivity index (χ1) is 8.63. The van der Waals surface area contributed by atoms with Crippen LogP contribution >= 0.6 is 0 Å². The van der Waals surface area contributed by atoms with E-state index in [2.05, 4.69) is 19.2 Å². The first-order valence-corrected chi connectivity index (χ1v) is 8.11. The van der Waals surface area contributed by atoms with Crippen molar-refractivity contribution in [2.45, 2.75) is 83.2 Å². The van der Waals surface area contributed by atoms with Crippen LogP contribution in [0.2, 0.25) is 0 Å². The van der Waals surface area contributed by atoms with Gasteiger partial charge >= 0.3 is 0 Å². The monoisotopic (exact) mass is 252 g/mol. The van der Waals surface area contributed by atoms with E-state index >= 15 is 0 Å². The quantitative estimate of drug-likeness (QED) is 0.786. The Morgan fingerprint density at radius 3 is 2.50 bits per heavy atom. The van der Waals surface area contributed by atoms with Gasteiger partial charge in [-0.2, -0.15) is 0 Å². The van der Waals surface area contributed by atoms with Crippen LogP contribution in [-0.2, 0) is 0 Å². The molecule has 2 fully saturated rings. The maximum Gasteiger partial charge on any atom is 0.0309 e. The van der Waals surface area contributed by atoms with Crippen molar-refractivity contribution in [3.8, 4) is 0 Å². The van der Waals surface area contributed by atoms with Crippen LogP contribution in [0.3, 0.4) is 0 Å². The molecular formula is C16H32N2. The first-order valence-electron chi connectivity index (χ1n) is 8.11. The van der Waals surface area contributed by atoms with Gasteiger partial charge in [0, 0.05) is 18.1 Å². The summed E-state index contributed by atoms with van der Waals surface area (Å²) in [6, 6.07) is 0.756. The summed E-state index contributed by atoms with van der Waals surface area (Å²) in [5.74, 6) is 1.73. The van der Waals surface area contributed by atoms with E-state index in [1.807, 2.05) is 0 Å². The van der Waals surface area contributed by atoms with Gasteiger partial charge in [0.05, 0.1) is 0 Å². The Balaban J connectivity index is 1.92. The molecule has 106 valence electrons. The standard InChI is InChI=1S/C16H32N2/c1-13(2)10-14-6-5-9-16(11-14,12-17)18-15-7-3-4-8-15/h13-15,18H,3-12,17H2,1-2H3. The molecule has 0 aromatic carbocycles. The van der Waals surface area contributed by atoms with E-state index in [1.165, 1.54) is 57.8 Å². The molecule has 0 amide bonds. The molecule has 2 aliphatic carbocycles. The average molecular weight is 252 g/mol. The molecule has 2 unspecified atom stereocenters. The van der Waals surface area contributed by atoms with Crippen molar-refractivity contribution < 1.29 is 0 Å². The highest BCUT2D eigenvalue weighted by Gasteiger charge is 2.37. The maximum atomic E-state index is 6.15. The molecule has 0 bridgehead atoms. The second kappa shape index (κ2) is 6.38. The Morgan fingerprint density at radius 1 is 1.17 bits per heavy atom. The van der Waals surface area contributed by atoms with E-state index < -0.39 is 0 Å². The summed E-state index contributed by atoms with van der Waals surface area (Å²) in [7, 11) is 0. The number of hydrogen-bond acceptors (Lipinski definition) is 2. The second-order valence-electron chi connectivity index (χ2n) is 7.20. The normalized spacial score (nSPS) is 34.3. The van der Waals surface area contributed by atoms with E-state index in [9.17, 15) is 0 Å². The van der Waals surface area contributed by atoms with Crippen LogP contribution in [0.25, 0.3) is 0 Å². The molecule has 2 nitrogen and oxygen atoms in total. The Labute approximate surface area is 113 Å². The van der Waals surface area contributed by atoms with Gasteiger partial charge in [-0.25, -0.2) is 0 Å². The Bertz CT molecular complexity index is 245. The highest BCUT2D eigenvalue weighted by Crippen LogP contribution is 2.36. The molecule has 2 saturated carbocycles. The molecule has 2 rings (SSSR count). The summed E-state index contributed by atoms with van der Waals surface area (Å²) in [5.41, 5.74) is 6.42. The molecular weight excluding hydrogens is 220 g/mol. The number of rotatable bonds is 5. The summed E-state index contributed by atoms with van der Waals surface area (Å²) in [4.78, 5) is 0. The van der Waals surface area contributed by atoms with Crippen molar-refractivity contribution in [3.05, 3.63) is 0 Å². The third-order valence-electron chi connectivity index (χ3n) is 5.01. The van der Waals surface area contributed by atoms with Gasteiger partial charge < -0.3 is 11.1 Å². The predicted molar refractivity (Wildman–Crippen MR) is 78.6 cm³/mol. The van der Waals surface area contributed by atoms with Crippen LogP contribution in [0.1, 0.15) is 71.6 Å². The Morgan fingerprint density at radius 2 is 1.89 bits per heavy atom. The minimum Gasteiger partial charge on any atom is -0.329 e. The number of hydrogen-bond donors (Lipinski definition) is 2. The zero-order valence-corrected chi connectivity index (χ0v) is 12.4. The molecule has 3 N–H and O–H groups in total. The third kappa shape index (κ3) is 3.71. The molecule has 0 aromatic heterocycles. The van der Waals surface area contributed by atoms with Crippen molar-refractivity contribution in [1.82, 2.24) is 5.32 Å². The SMILES string of the molecule is CC(C)CC1CCCC(CN)(NC2CCCC2)C1. The molecule has 18 heavy (non-hydrogen) atoms. The van der Waals surface area contributed by atoms with Gasteiger partial charge in [0.1, 0.15) is 0 Å². The first kappa shape index (κ1) is 14.3. The van der Waals surface area contributed by atoms with Gasteiger partial charge in [-0.1, -0.05) is 39.5 Å². The minimum atomic E-state index is 0.271. The van der Waals surface area contributed by atoms with E-state index in [4.69, 9.17) is 5.73 Å². The summed E-state index contributed by atoms with van der Waals surface area (Å²) in [5, 5.41) is 3.96. The third-order valence-corrected chi connectivity index (χ3v) is 5.01.